The molecule has 8 heteroatoms. The summed E-state index contributed by atoms with van der Waals surface area (Å²) in [5.41, 5.74) is 0.710. The van der Waals surface area contributed by atoms with Crippen molar-refractivity contribution in [1.29, 1.82) is 0 Å². The lowest BCUT2D eigenvalue weighted by atomic mass is 9.81. The molecule has 8 nitrogen and oxygen atoms in total. The first kappa shape index (κ1) is 17.3. The van der Waals surface area contributed by atoms with Crippen molar-refractivity contribution in [2.75, 3.05) is 26.8 Å². The van der Waals surface area contributed by atoms with Crippen molar-refractivity contribution in [2.45, 2.75) is 26.4 Å². The van der Waals surface area contributed by atoms with E-state index in [1.54, 1.807) is 19.2 Å². The number of piperidine rings is 1. The van der Waals surface area contributed by atoms with E-state index in [0.29, 0.717) is 24.7 Å². The van der Waals surface area contributed by atoms with E-state index in [0.717, 1.165) is 12.0 Å². The topological polar surface area (TPSA) is 93.2 Å². The Morgan fingerprint density at radius 3 is 2.96 bits per heavy atom. The van der Waals surface area contributed by atoms with Crippen LogP contribution in [-0.2, 0) is 9.53 Å². The van der Waals surface area contributed by atoms with Gasteiger partial charge in [0.05, 0.1) is 6.10 Å². The Morgan fingerprint density at radius 2 is 2.28 bits per heavy atom. The monoisotopic (exact) mass is 345 g/mol. The first-order chi connectivity index (χ1) is 12.0. The number of carbonyl (C=O) groups is 1. The Kier molecular flexibility index (Phi) is 4.98. The third kappa shape index (κ3) is 3.96. The minimum atomic E-state index is -0.0683. The highest BCUT2D eigenvalue weighted by Crippen LogP contribution is 2.31. The zero-order chi connectivity index (χ0) is 17.9. The Morgan fingerprint density at radius 1 is 1.44 bits per heavy atom. The zero-order valence-corrected chi connectivity index (χ0v) is 14.7. The van der Waals surface area contributed by atoms with Crippen LogP contribution >= 0.6 is 0 Å². The van der Waals surface area contributed by atoms with E-state index in [1.165, 1.54) is 0 Å². The van der Waals surface area contributed by atoms with Crippen molar-refractivity contribution in [3.05, 3.63) is 24.3 Å². The van der Waals surface area contributed by atoms with Gasteiger partial charge in [0.2, 0.25) is 5.82 Å². The van der Waals surface area contributed by atoms with E-state index in [1.807, 2.05) is 17.0 Å². The molecule has 1 aliphatic heterocycles. The van der Waals surface area contributed by atoms with Crippen LogP contribution in [0.5, 0.6) is 5.75 Å². The number of H-pyrrole nitrogens is 1. The maximum Gasteiger partial charge on any atom is 0.260 e. The summed E-state index contributed by atoms with van der Waals surface area (Å²) in [7, 11) is 1.73. The number of amides is 1. The Labute approximate surface area is 146 Å². The van der Waals surface area contributed by atoms with Crippen LogP contribution in [0.1, 0.15) is 20.3 Å². The number of hydrogen-bond acceptors (Lipinski definition) is 6. The lowest BCUT2D eigenvalue weighted by Crippen LogP contribution is -2.52. The van der Waals surface area contributed by atoms with E-state index >= 15 is 0 Å². The largest absolute Gasteiger partial charge is 0.484 e. The molecule has 1 aromatic heterocycles. The molecule has 1 aromatic carbocycles. The van der Waals surface area contributed by atoms with Crippen LogP contribution in [0.25, 0.3) is 11.4 Å². The van der Waals surface area contributed by atoms with Crippen LogP contribution in [0.2, 0.25) is 0 Å². The highest BCUT2D eigenvalue weighted by atomic mass is 16.5. The normalized spacial score (nSPS) is 19.6. The van der Waals surface area contributed by atoms with Crippen LogP contribution in [0.4, 0.5) is 0 Å². The van der Waals surface area contributed by atoms with Gasteiger partial charge in [-0.2, -0.15) is 5.21 Å². The minimum absolute atomic E-state index is 0.00340. The molecular formula is C17H23N5O3. The molecule has 1 atom stereocenters. The van der Waals surface area contributed by atoms with Gasteiger partial charge in [0.1, 0.15) is 5.75 Å². The van der Waals surface area contributed by atoms with Crippen LogP contribution in [0.3, 0.4) is 0 Å². The lowest BCUT2D eigenvalue weighted by molar-refractivity contribution is -0.141. The van der Waals surface area contributed by atoms with Gasteiger partial charge in [0.25, 0.3) is 5.91 Å². The Bertz CT molecular complexity index is 717. The molecule has 1 N–H and O–H groups in total. The summed E-state index contributed by atoms with van der Waals surface area (Å²) in [5, 5.41) is 13.8. The molecule has 1 unspecified atom stereocenters. The fourth-order valence-corrected chi connectivity index (χ4v) is 3.23. The standard InChI is InChI=1S/C17H23N5O3/c1-17(2)11-22(8-7-14(17)24-3)15(23)10-25-13-6-4-5-12(9-13)16-18-20-21-19-16/h4-6,9,14H,7-8,10-11H2,1-3H3,(H,18,19,20,21). The number of methoxy groups -OCH3 is 1. The molecule has 0 bridgehead atoms. The predicted octanol–water partition coefficient (Wildman–Crippen LogP) is 1.52. The fraction of sp³-hybridized carbons (Fsp3) is 0.529. The first-order valence-electron chi connectivity index (χ1n) is 8.27. The number of nitrogens with one attached hydrogen (secondary N) is 1. The summed E-state index contributed by atoms with van der Waals surface area (Å²) >= 11 is 0. The van der Waals surface area contributed by atoms with Gasteiger partial charge in [-0.3, -0.25) is 4.79 Å². The average Bonchev–Trinajstić information content (AvgIpc) is 3.13. The van der Waals surface area contributed by atoms with Crippen molar-refractivity contribution in [2.24, 2.45) is 5.41 Å². The number of hydrogen-bond donors (Lipinski definition) is 1. The third-order valence-electron chi connectivity index (χ3n) is 4.57. The van der Waals surface area contributed by atoms with Gasteiger partial charge in [-0.1, -0.05) is 26.0 Å². The molecule has 3 rings (SSSR count). The Hall–Kier alpha value is -2.48. The van der Waals surface area contributed by atoms with Gasteiger partial charge in [-0.05, 0) is 23.8 Å². The molecule has 2 aromatic rings. The van der Waals surface area contributed by atoms with Crippen molar-refractivity contribution < 1.29 is 14.3 Å². The summed E-state index contributed by atoms with van der Waals surface area (Å²) in [6.07, 6.45) is 1.01. The summed E-state index contributed by atoms with van der Waals surface area (Å²) in [5.74, 6) is 1.06. The minimum Gasteiger partial charge on any atom is -0.484 e. The highest BCUT2D eigenvalue weighted by Gasteiger charge is 2.37. The van der Waals surface area contributed by atoms with Crippen molar-refractivity contribution in [3.8, 4) is 17.1 Å². The number of aromatic nitrogens is 4. The molecule has 25 heavy (non-hydrogen) atoms. The molecule has 1 amide bonds. The number of benzene rings is 1. The number of likely N-dealkylation sites (tertiary alicyclic amines) is 1. The average molecular weight is 345 g/mol. The van der Waals surface area contributed by atoms with Gasteiger partial charge in [-0.25, -0.2) is 0 Å². The van der Waals surface area contributed by atoms with E-state index in [9.17, 15) is 4.79 Å². The second-order valence-corrected chi connectivity index (χ2v) is 6.87. The maximum absolute atomic E-state index is 12.5. The second-order valence-electron chi connectivity index (χ2n) is 6.87. The van der Waals surface area contributed by atoms with Gasteiger partial charge >= 0.3 is 0 Å². The number of rotatable bonds is 5. The van der Waals surface area contributed by atoms with Crippen molar-refractivity contribution in [3.63, 3.8) is 0 Å². The second kappa shape index (κ2) is 7.18. The van der Waals surface area contributed by atoms with Gasteiger partial charge < -0.3 is 14.4 Å². The summed E-state index contributed by atoms with van der Waals surface area (Å²) in [4.78, 5) is 14.3. The number of tetrazole rings is 1. The fourth-order valence-electron chi connectivity index (χ4n) is 3.23. The lowest BCUT2D eigenvalue weighted by Gasteiger charge is -2.43. The molecule has 1 fully saturated rings. The molecule has 0 aliphatic carbocycles. The number of ether oxygens (including phenoxy) is 2. The number of carbonyl (C=O) groups excluding carboxylic acids is 1. The van der Waals surface area contributed by atoms with E-state index in [2.05, 4.69) is 34.5 Å². The SMILES string of the molecule is COC1CCN(C(=O)COc2cccc(-c3nn[nH]n3)c2)CC1(C)C. The summed E-state index contributed by atoms with van der Waals surface area (Å²) in [6.45, 7) is 5.60. The van der Waals surface area contributed by atoms with Crippen LogP contribution in [0, 0.1) is 5.41 Å². The molecule has 2 heterocycles. The zero-order valence-electron chi connectivity index (χ0n) is 14.7. The first-order valence-corrected chi connectivity index (χ1v) is 8.27. The van der Waals surface area contributed by atoms with Gasteiger partial charge in [-0.15, -0.1) is 10.2 Å². The van der Waals surface area contributed by atoms with E-state index < -0.39 is 0 Å². The molecular weight excluding hydrogens is 322 g/mol. The Balaban J connectivity index is 1.59. The van der Waals surface area contributed by atoms with E-state index in [-0.39, 0.29) is 24.0 Å². The van der Waals surface area contributed by atoms with Crippen LogP contribution < -0.4 is 4.74 Å². The molecule has 0 spiro atoms. The van der Waals surface area contributed by atoms with E-state index in [4.69, 9.17) is 9.47 Å². The molecule has 134 valence electrons. The summed E-state index contributed by atoms with van der Waals surface area (Å²) in [6, 6.07) is 7.29. The smallest absolute Gasteiger partial charge is 0.260 e. The molecule has 0 saturated carbocycles. The quantitative estimate of drug-likeness (QED) is 0.883. The predicted molar refractivity (Wildman–Crippen MR) is 90.9 cm³/mol. The summed E-state index contributed by atoms with van der Waals surface area (Å²) < 4.78 is 11.2. The number of nitrogens with zero attached hydrogens (tertiary/aromatic N) is 4. The van der Waals surface area contributed by atoms with Crippen LogP contribution in [0.15, 0.2) is 24.3 Å². The van der Waals surface area contributed by atoms with Crippen molar-refractivity contribution >= 4 is 5.91 Å². The van der Waals surface area contributed by atoms with Gasteiger partial charge in [0, 0.05) is 31.2 Å². The van der Waals surface area contributed by atoms with Crippen molar-refractivity contribution in [1.82, 2.24) is 25.5 Å². The molecule has 1 aliphatic rings. The maximum atomic E-state index is 12.5. The van der Waals surface area contributed by atoms with Gasteiger partial charge in [0.15, 0.2) is 6.61 Å². The molecule has 1 saturated heterocycles. The third-order valence-corrected chi connectivity index (χ3v) is 4.57. The van der Waals surface area contributed by atoms with Crippen LogP contribution in [-0.4, -0.2) is 64.3 Å². The highest BCUT2D eigenvalue weighted by molar-refractivity contribution is 5.78. The number of aromatic amines is 1. The molecule has 0 radical (unpaired) electrons.